The van der Waals surface area contributed by atoms with E-state index in [1.54, 1.807) is 0 Å². The number of halogens is 10. The van der Waals surface area contributed by atoms with E-state index in [1.807, 2.05) is 0 Å². The van der Waals surface area contributed by atoms with Crippen LogP contribution in [0.1, 0.15) is 53.1 Å². The van der Waals surface area contributed by atoms with Gasteiger partial charge in [-0.15, -0.1) is 0 Å². The molecule has 0 saturated heterocycles. The van der Waals surface area contributed by atoms with E-state index in [4.69, 9.17) is 34.8 Å². The summed E-state index contributed by atoms with van der Waals surface area (Å²) >= 11 is 20.9. The minimum Gasteiger partial charge on any atom is -0.355 e. The number of hydrogen-bond donors (Lipinski definition) is 1. The molecule has 0 heterocycles. The van der Waals surface area contributed by atoms with Crippen LogP contribution in [0.3, 0.4) is 0 Å². The van der Waals surface area contributed by atoms with Gasteiger partial charge in [-0.2, -0.15) is 26.3 Å². The first-order valence-electron chi connectivity index (χ1n) is 11.1. The van der Waals surface area contributed by atoms with Crippen molar-refractivity contribution in [3.63, 3.8) is 0 Å². The molecule has 0 radical (unpaired) electrons. The van der Waals surface area contributed by atoms with Gasteiger partial charge in [-0.05, 0) is 48.2 Å². The Morgan fingerprint density at radius 1 is 1.03 bits per heavy atom. The largest absolute Gasteiger partial charge is 0.399 e. The average molecular weight is 666 g/mol. The summed E-state index contributed by atoms with van der Waals surface area (Å²) in [6.07, 6.45) is -7.56. The summed E-state index contributed by atoms with van der Waals surface area (Å²) in [4.78, 5) is 25.2. The summed E-state index contributed by atoms with van der Waals surface area (Å²) in [6, 6.07) is 6.46. The van der Waals surface area contributed by atoms with Gasteiger partial charge < -0.3 is 5.32 Å². The summed E-state index contributed by atoms with van der Waals surface area (Å²) in [5, 5.41) is 1.94. The SMILES string of the molecule is O=C(CC1(C(=O)NCCC(F)(F)F)CC1)c1ccc(/C=C/C(c2cc(Cl)c(Cl)c(Cl)c2)C(F)(F)F)cc1Br. The first-order chi connectivity index (χ1) is 17.5. The Bertz CT molecular complexity index is 1240. The van der Waals surface area contributed by atoms with Crippen LogP contribution < -0.4 is 5.32 Å². The fraction of sp³-hybridized carbons (Fsp3) is 0.360. The predicted molar refractivity (Wildman–Crippen MR) is 138 cm³/mol. The molecule has 0 aliphatic heterocycles. The summed E-state index contributed by atoms with van der Waals surface area (Å²) < 4.78 is 78.6. The van der Waals surface area contributed by atoms with Crippen LogP contribution in [0.25, 0.3) is 6.08 Å². The van der Waals surface area contributed by atoms with Crippen molar-refractivity contribution in [1.82, 2.24) is 5.32 Å². The zero-order chi connectivity index (χ0) is 28.5. The minimum absolute atomic E-state index is 0.0575. The summed E-state index contributed by atoms with van der Waals surface area (Å²) in [7, 11) is 0. The molecule has 13 heteroatoms. The van der Waals surface area contributed by atoms with E-state index < -0.39 is 48.3 Å². The molecule has 0 bridgehead atoms. The number of amides is 1. The molecule has 3 rings (SSSR count). The number of ketones is 1. The van der Waals surface area contributed by atoms with E-state index >= 15 is 0 Å². The molecule has 206 valence electrons. The van der Waals surface area contributed by atoms with Crippen molar-refractivity contribution < 1.29 is 35.9 Å². The van der Waals surface area contributed by atoms with E-state index in [0.29, 0.717) is 22.9 Å². The molecule has 1 aliphatic carbocycles. The molecule has 1 fully saturated rings. The molecule has 2 aromatic rings. The highest BCUT2D eigenvalue weighted by Crippen LogP contribution is 2.50. The van der Waals surface area contributed by atoms with Crippen molar-refractivity contribution in [1.29, 1.82) is 0 Å². The lowest BCUT2D eigenvalue weighted by atomic mass is 9.93. The lowest BCUT2D eigenvalue weighted by molar-refractivity contribution is -0.139. The van der Waals surface area contributed by atoms with Crippen molar-refractivity contribution in [2.75, 3.05) is 6.54 Å². The Labute approximate surface area is 237 Å². The summed E-state index contributed by atoms with van der Waals surface area (Å²) in [5.41, 5.74) is -0.718. The maximum atomic E-state index is 13.8. The predicted octanol–water partition coefficient (Wildman–Crippen LogP) is 9.19. The minimum atomic E-state index is -4.66. The smallest absolute Gasteiger partial charge is 0.355 e. The Morgan fingerprint density at radius 2 is 1.63 bits per heavy atom. The molecule has 1 amide bonds. The van der Waals surface area contributed by atoms with E-state index in [9.17, 15) is 35.9 Å². The third kappa shape index (κ3) is 7.90. The van der Waals surface area contributed by atoms with Gasteiger partial charge in [-0.25, -0.2) is 0 Å². The van der Waals surface area contributed by atoms with Gasteiger partial charge in [0.15, 0.2) is 5.78 Å². The quantitative estimate of drug-likeness (QED) is 0.165. The Morgan fingerprint density at radius 3 is 2.13 bits per heavy atom. The van der Waals surface area contributed by atoms with Gasteiger partial charge in [-0.3, -0.25) is 9.59 Å². The number of carbonyl (C=O) groups is 2. The van der Waals surface area contributed by atoms with E-state index in [0.717, 1.165) is 18.2 Å². The fourth-order valence-corrected chi connectivity index (χ4v) is 5.01. The molecule has 38 heavy (non-hydrogen) atoms. The van der Waals surface area contributed by atoms with Crippen molar-refractivity contribution in [2.24, 2.45) is 5.41 Å². The fourth-order valence-electron chi connectivity index (χ4n) is 3.78. The van der Waals surface area contributed by atoms with Crippen LogP contribution in [-0.2, 0) is 4.79 Å². The molecule has 3 nitrogen and oxygen atoms in total. The van der Waals surface area contributed by atoms with E-state index in [2.05, 4.69) is 21.2 Å². The molecule has 2 aromatic carbocycles. The van der Waals surface area contributed by atoms with Gasteiger partial charge in [0.05, 0.1) is 32.8 Å². The van der Waals surface area contributed by atoms with Gasteiger partial charge in [0, 0.05) is 23.0 Å². The van der Waals surface area contributed by atoms with Gasteiger partial charge in [0.1, 0.15) is 0 Å². The lowest BCUT2D eigenvalue weighted by Gasteiger charge is -2.18. The molecule has 0 aromatic heterocycles. The van der Waals surface area contributed by atoms with Crippen LogP contribution in [0.2, 0.25) is 15.1 Å². The first-order valence-corrected chi connectivity index (χ1v) is 13.0. The van der Waals surface area contributed by atoms with Crippen molar-refractivity contribution in [3.8, 4) is 0 Å². The second kappa shape index (κ2) is 11.8. The Hall–Kier alpha value is -1.75. The number of carbonyl (C=O) groups excluding carboxylic acids is 2. The van der Waals surface area contributed by atoms with Gasteiger partial charge >= 0.3 is 12.4 Å². The molecule has 1 aliphatic rings. The molecular weight excluding hydrogens is 647 g/mol. The van der Waals surface area contributed by atoms with Crippen LogP contribution in [0.15, 0.2) is 40.9 Å². The number of alkyl halides is 6. The monoisotopic (exact) mass is 663 g/mol. The van der Waals surface area contributed by atoms with Crippen LogP contribution in [-0.4, -0.2) is 30.6 Å². The number of allylic oxidation sites excluding steroid dienone is 1. The standard InChI is InChI=1S/C25H19BrCl3F6NO2/c26-17-9-13(2-4-16(25(33,34)35)14-10-18(27)21(29)19(28)11-14)1-3-15(17)20(37)12-23(5-6-23)22(38)36-8-7-24(30,31)32/h1-4,9-11,16H,5-8,12H2,(H,36,38)/b4-2+. The lowest BCUT2D eigenvalue weighted by Crippen LogP contribution is -2.35. The normalized spacial score (nSPS) is 15.9. The molecule has 1 unspecified atom stereocenters. The maximum absolute atomic E-state index is 13.8. The summed E-state index contributed by atoms with van der Waals surface area (Å²) in [6.45, 7) is -0.573. The molecule has 1 saturated carbocycles. The second-order valence-corrected chi connectivity index (χ2v) is 11.0. The highest BCUT2D eigenvalue weighted by Gasteiger charge is 2.51. The second-order valence-electron chi connectivity index (χ2n) is 8.92. The topological polar surface area (TPSA) is 46.2 Å². The molecule has 1 N–H and O–H groups in total. The molecule has 0 spiro atoms. The zero-order valence-corrected chi connectivity index (χ0v) is 23.1. The average Bonchev–Trinajstić information content (AvgIpc) is 3.56. The van der Waals surface area contributed by atoms with Gasteiger partial charge in [0.25, 0.3) is 0 Å². The van der Waals surface area contributed by atoms with E-state index in [1.165, 1.54) is 24.3 Å². The number of benzene rings is 2. The van der Waals surface area contributed by atoms with E-state index in [-0.39, 0.29) is 32.6 Å². The van der Waals surface area contributed by atoms with Gasteiger partial charge in [0.2, 0.25) is 5.91 Å². The molecular formula is C25H19BrCl3F6NO2. The highest BCUT2D eigenvalue weighted by molar-refractivity contribution is 9.10. The number of nitrogens with one attached hydrogen (secondary N) is 1. The van der Waals surface area contributed by atoms with Crippen molar-refractivity contribution in [3.05, 3.63) is 72.6 Å². The van der Waals surface area contributed by atoms with Crippen LogP contribution in [0.4, 0.5) is 26.3 Å². The van der Waals surface area contributed by atoms with Crippen LogP contribution >= 0.6 is 50.7 Å². The highest BCUT2D eigenvalue weighted by atomic mass is 79.9. The summed E-state index contributed by atoms with van der Waals surface area (Å²) in [5.74, 6) is -3.07. The molecule has 1 atom stereocenters. The number of hydrogen-bond acceptors (Lipinski definition) is 2. The zero-order valence-electron chi connectivity index (χ0n) is 19.3. The Balaban J connectivity index is 1.73. The van der Waals surface area contributed by atoms with Gasteiger partial charge in [-0.1, -0.05) is 69.0 Å². The van der Waals surface area contributed by atoms with Crippen LogP contribution in [0, 0.1) is 5.41 Å². The van der Waals surface area contributed by atoms with Crippen molar-refractivity contribution in [2.45, 2.75) is 44.0 Å². The third-order valence-corrected chi connectivity index (χ3v) is 7.87. The third-order valence-electron chi connectivity index (χ3n) is 6.02. The van der Waals surface area contributed by atoms with Crippen molar-refractivity contribution >= 4 is 68.5 Å². The van der Waals surface area contributed by atoms with Crippen LogP contribution in [0.5, 0.6) is 0 Å². The Kier molecular flexibility index (Phi) is 9.54. The number of rotatable bonds is 9. The number of Topliss-reactive ketones (excluding diaryl/α,β-unsaturated/α-hetero) is 1. The maximum Gasteiger partial charge on any atom is 0.399 e. The first kappa shape index (κ1) is 30.8.